The van der Waals surface area contributed by atoms with Gasteiger partial charge in [-0.05, 0) is 57.3 Å². The van der Waals surface area contributed by atoms with Gasteiger partial charge in [-0.1, -0.05) is 27.2 Å². The monoisotopic (exact) mass is 226 g/mol. The van der Waals surface area contributed by atoms with E-state index in [1.165, 1.54) is 32.1 Å². The number of hydrogen-bond donors (Lipinski definition) is 0. The van der Waals surface area contributed by atoms with Crippen molar-refractivity contribution in [2.75, 3.05) is 6.61 Å². The fourth-order valence-electron chi connectivity index (χ4n) is 2.01. The van der Waals surface area contributed by atoms with Crippen LogP contribution in [0.25, 0.3) is 0 Å². The molecule has 0 radical (unpaired) electrons. The van der Waals surface area contributed by atoms with Crippen molar-refractivity contribution in [3.63, 3.8) is 0 Å². The Hall–Kier alpha value is -0.0400. The first-order valence-electron chi connectivity index (χ1n) is 6.76. The smallest absolute Gasteiger partial charge is 0.0598 e. The van der Waals surface area contributed by atoms with Gasteiger partial charge in [0, 0.05) is 0 Å². The van der Waals surface area contributed by atoms with E-state index in [2.05, 4.69) is 41.5 Å². The highest BCUT2D eigenvalue weighted by atomic mass is 16.5. The predicted molar refractivity (Wildman–Crippen MR) is 70.7 cm³/mol. The van der Waals surface area contributed by atoms with Gasteiger partial charge in [-0.15, -0.1) is 0 Å². The normalized spacial score (nSPS) is 19.9. The van der Waals surface area contributed by atoms with Crippen molar-refractivity contribution < 1.29 is 4.74 Å². The lowest BCUT2D eigenvalue weighted by Crippen LogP contribution is -2.24. The third-order valence-corrected chi connectivity index (χ3v) is 3.40. The summed E-state index contributed by atoms with van der Waals surface area (Å²) < 4.78 is 5.94. The summed E-state index contributed by atoms with van der Waals surface area (Å²) in [6.45, 7) is 14.4. The summed E-state index contributed by atoms with van der Waals surface area (Å²) in [5.41, 5.74) is 1.07. The molecule has 0 bridgehead atoms. The maximum Gasteiger partial charge on any atom is 0.0598 e. The molecule has 0 heterocycles. The molecule has 0 unspecified atom stereocenters. The van der Waals surface area contributed by atoms with Crippen LogP contribution in [0.2, 0.25) is 0 Å². The summed E-state index contributed by atoms with van der Waals surface area (Å²) in [7, 11) is 0. The second-order valence-electron chi connectivity index (χ2n) is 7.82. The van der Waals surface area contributed by atoms with Crippen molar-refractivity contribution >= 4 is 0 Å². The lowest BCUT2D eigenvalue weighted by atomic mass is 9.87. The van der Waals surface area contributed by atoms with Gasteiger partial charge >= 0.3 is 0 Å². The van der Waals surface area contributed by atoms with Gasteiger partial charge in [0.1, 0.15) is 0 Å². The Morgan fingerprint density at radius 1 is 1.00 bits per heavy atom. The molecule has 0 atom stereocenters. The Morgan fingerprint density at radius 3 is 1.94 bits per heavy atom. The highest BCUT2D eigenvalue weighted by Crippen LogP contribution is 2.51. The molecule has 1 aliphatic rings. The van der Waals surface area contributed by atoms with Crippen molar-refractivity contribution in [2.24, 2.45) is 10.8 Å². The second kappa shape index (κ2) is 4.68. The number of ether oxygens (including phenoxy) is 1. The van der Waals surface area contributed by atoms with Crippen LogP contribution >= 0.6 is 0 Å². The third-order valence-electron chi connectivity index (χ3n) is 3.40. The molecular formula is C15H30O. The molecule has 1 heteroatoms. The summed E-state index contributed by atoms with van der Waals surface area (Å²) in [5.74, 6) is 0. The van der Waals surface area contributed by atoms with Crippen LogP contribution in [0, 0.1) is 10.8 Å². The van der Waals surface area contributed by atoms with Gasteiger partial charge in [0.15, 0.2) is 0 Å². The van der Waals surface area contributed by atoms with E-state index in [0.717, 1.165) is 6.61 Å². The van der Waals surface area contributed by atoms with Crippen LogP contribution in [-0.2, 0) is 4.74 Å². The Morgan fingerprint density at radius 2 is 1.56 bits per heavy atom. The maximum absolute atomic E-state index is 5.94. The molecule has 0 aromatic heterocycles. The van der Waals surface area contributed by atoms with E-state index in [-0.39, 0.29) is 5.60 Å². The molecule has 1 rings (SSSR count). The number of hydrogen-bond acceptors (Lipinski definition) is 1. The topological polar surface area (TPSA) is 9.23 Å². The van der Waals surface area contributed by atoms with Crippen LogP contribution in [0.1, 0.15) is 73.6 Å². The predicted octanol–water partition coefficient (Wildman–Crippen LogP) is 4.80. The maximum atomic E-state index is 5.94. The largest absolute Gasteiger partial charge is 0.375 e. The SMILES string of the molecule is CC(C)(C)CCCC1(COC(C)(C)C)CC1. The molecule has 96 valence electrons. The second-order valence-corrected chi connectivity index (χ2v) is 7.82. The Kier molecular flexibility index (Phi) is 4.10. The van der Waals surface area contributed by atoms with Crippen LogP contribution < -0.4 is 0 Å². The van der Waals surface area contributed by atoms with Crippen LogP contribution in [0.3, 0.4) is 0 Å². The quantitative estimate of drug-likeness (QED) is 0.654. The van der Waals surface area contributed by atoms with Crippen LogP contribution in [-0.4, -0.2) is 12.2 Å². The molecular weight excluding hydrogens is 196 g/mol. The zero-order chi connectivity index (χ0) is 12.4. The molecule has 0 spiro atoms. The Labute approximate surface area is 102 Å². The summed E-state index contributed by atoms with van der Waals surface area (Å²) in [6, 6.07) is 0. The van der Waals surface area contributed by atoms with E-state index in [9.17, 15) is 0 Å². The van der Waals surface area contributed by atoms with Crippen molar-refractivity contribution in [2.45, 2.75) is 79.2 Å². The molecule has 0 saturated heterocycles. The van der Waals surface area contributed by atoms with Gasteiger partial charge < -0.3 is 4.74 Å². The molecule has 16 heavy (non-hydrogen) atoms. The Balaban J connectivity index is 2.21. The summed E-state index contributed by atoms with van der Waals surface area (Å²) in [6.07, 6.45) is 6.82. The number of rotatable bonds is 5. The van der Waals surface area contributed by atoms with Crippen molar-refractivity contribution in [3.8, 4) is 0 Å². The van der Waals surface area contributed by atoms with E-state index in [4.69, 9.17) is 4.74 Å². The first-order valence-corrected chi connectivity index (χ1v) is 6.76. The zero-order valence-corrected chi connectivity index (χ0v) is 12.2. The minimum atomic E-state index is 0.0274. The van der Waals surface area contributed by atoms with E-state index >= 15 is 0 Å². The fourth-order valence-corrected chi connectivity index (χ4v) is 2.01. The van der Waals surface area contributed by atoms with E-state index in [1.807, 2.05) is 0 Å². The lowest BCUT2D eigenvalue weighted by molar-refractivity contribution is -0.0301. The van der Waals surface area contributed by atoms with Gasteiger partial charge in [-0.3, -0.25) is 0 Å². The molecule has 0 aromatic carbocycles. The molecule has 0 amide bonds. The van der Waals surface area contributed by atoms with E-state index < -0.39 is 0 Å². The molecule has 1 aliphatic carbocycles. The highest BCUT2D eigenvalue weighted by Gasteiger charge is 2.43. The van der Waals surface area contributed by atoms with Crippen LogP contribution in [0.4, 0.5) is 0 Å². The molecule has 0 aliphatic heterocycles. The van der Waals surface area contributed by atoms with Gasteiger partial charge in [-0.2, -0.15) is 0 Å². The van der Waals surface area contributed by atoms with Crippen molar-refractivity contribution in [3.05, 3.63) is 0 Å². The Bertz CT molecular complexity index is 213. The average molecular weight is 226 g/mol. The molecule has 1 nitrogen and oxygen atoms in total. The van der Waals surface area contributed by atoms with Gasteiger partial charge in [0.25, 0.3) is 0 Å². The molecule has 1 fully saturated rings. The van der Waals surface area contributed by atoms with Crippen LogP contribution in [0.5, 0.6) is 0 Å². The first kappa shape index (κ1) is 14.0. The van der Waals surface area contributed by atoms with Gasteiger partial charge in [-0.25, -0.2) is 0 Å². The van der Waals surface area contributed by atoms with Crippen molar-refractivity contribution in [1.29, 1.82) is 0 Å². The summed E-state index contributed by atoms with van der Waals surface area (Å²) in [5, 5.41) is 0. The summed E-state index contributed by atoms with van der Waals surface area (Å²) >= 11 is 0. The van der Waals surface area contributed by atoms with Gasteiger partial charge in [0.2, 0.25) is 0 Å². The summed E-state index contributed by atoms with van der Waals surface area (Å²) in [4.78, 5) is 0. The molecule has 0 aromatic rings. The highest BCUT2D eigenvalue weighted by molar-refractivity contribution is 4.93. The van der Waals surface area contributed by atoms with Crippen molar-refractivity contribution in [1.82, 2.24) is 0 Å². The lowest BCUT2D eigenvalue weighted by Gasteiger charge is -2.25. The minimum absolute atomic E-state index is 0.0274. The van der Waals surface area contributed by atoms with Gasteiger partial charge in [0.05, 0.1) is 12.2 Å². The molecule has 1 saturated carbocycles. The zero-order valence-electron chi connectivity index (χ0n) is 12.2. The minimum Gasteiger partial charge on any atom is -0.375 e. The third kappa shape index (κ3) is 5.89. The van der Waals surface area contributed by atoms with E-state index in [1.54, 1.807) is 0 Å². The molecule has 0 N–H and O–H groups in total. The van der Waals surface area contributed by atoms with Crippen LogP contribution in [0.15, 0.2) is 0 Å². The average Bonchev–Trinajstić information content (AvgIpc) is 2.79. The first-order chi connectivity index (χ1) is 7.12. The standard InChI is InChI=1S/C15H30O/c1-13(2,3)8-7-9-15(10-11-15)12-16-14(4,5)6/h7-12H2,1-6H3. The fraction of sp³-hybridized carbons (Fsp3) is 1.00. The van der Waals surface area contributed by atoms with E-state index in [0.29, 0.717) is 10.8 Å².